The third kappa shape index (κ3) is 3.33. The number of hydrogen-bond acceptors (Lipinski definition) is 4. The number of carbonyl (C=O) groups excluding carboxylic acids is 1. The van der Waals surface area contributed by atoms with Gasteiger partial charge in [0.2, 0.25) is 0 Å². The molecule has 0 unspecified atom stereocenters. The molecule has 4 rings (SSSR count). The van der Waals surface area contributed by atoms with Crippen molar-refractivity contribution in [3.63, 3.8) is 0 Å². The van der Waals surface area contributed by atoms with Gasteiger partial charge in [-0.25, -0.2) is 4.79 Å². The Balaban J connectivity index is 0.000000141. The van der Waals surface area contributed by atoms with Crippen LogP contribution in [0.25, 0.3) is 20.2 Å². The molecule has 0 aliphatic carbocycles. The van der Waals surface area contributed by atoms with Gasteiger partial charge in [0, 0.05) is 30.9 Å². The second-order valence-corrected chi connectivity index (χ2v) is 7.04. The van der Waals surface area contributed by atoms with Crippen LogP contribution in [0.1, 0.15) is 20.7 Å². The molecule has 0 saturated carbocycles. The van der Waals surface area contributed by atoms with Crippen molar-refractivity contribution in [2.24, 2.45) is 0 Å². The standard InChI is InChI=1S/C9H5ClOS.C9H6O2S/c2*10-9(11)7-5-12-8-4-2-1-3-6(7)8/h1-5H;1-5H,(H,10,11). The Morgan fingerprint density at radius 1 is 0.792 bits per heavy atom. The molecule has 1 N–H and O–H groups in total. The summed E-state index contributed by atoms with van der Waals surface area (Å²) in [5.74, 6) is -0.854. The zero-order valence-corrected chi connectivity index (χ0v) is 14.6. The number of thiophene rings is 2. The molecule has 0 aliphatic rings. The number of benzene rings is 2. The van der Waals surface area contributed by atoms with E-state index in [0.717, 1.165) is 20.2 Å². The highest BCUT2D eigenvalue weighted by atomic mass is 35.5. The van der Waals surface area contributed by atoms with Crippen LogP contribution in [0, 0.1) is 0 Å². The Hall–Kier alpha value is -2.21. The Morgan fingerprint density at radius 2 is 1.25 bits per heavy atom. The molecule has 3 nitrogen and oxygen atoms in total. The maximum absolute atomic E-state index is 10.9. The van der Waals surface area contributed by atoms with Crippen LogP contribution >= 0.6 is 34.3 Å². The fraction of sp³-hybridized carbons (Fsp3) is 0. The number of halogens is 1. The number of carboxylic acids is 1. The average Bonchev–Trinajstić information content (AvgIpc) is 3.19. The van der Waals surface area contributed by atoms with Gasteiger partial charge in [-0.1, -0.05) is 36.4 Å². The van der Waals surface area contributed by atoms with E-state index in [0.29, 0.717) is 11.1 Å². The highest BCUT2D eigenvalue weighted by Gasteiger charge is 2.09. The van der Waals surface area contributed by atoms with Crippen LogP contribution in [-0.2, 0) is 0 Å². The van der Waals surface area contributed by atoms with Gasteiger partial charge in [-0.05, 0) is 23.7 Å². The number of aromatic carboxylic acids is 1. The van der Waals surface area contributed by atoms with Crippen molar-refractivity contribution in [3.05, 3.63) is 70.4 Å². The average molecular weight is 375 g/mol. The fourth-order valence-corrected chi connectivity index (χ4v) is 4.37. The van der Waals surface area contributed by atoms with E-state index in [1.807, 2.05) is 48.5 Å². The fourth-order valence-electron chi connectivity index (χ4n) is 2.27. The maximum atomic E-state index is 10.9. The molecule has 2 heterocycles. The molecule has 0 saturated heterocycles. The summed E-state index contributed by atoms with van der Waals surface area (Å²) in [6.45, 7) is 0. The molecule has 0 radical (unpaired) electrons. The SMILES string of the molecule is O=C(Cl)c1csc2ccccc12.O=C(O)c1csc2ccccc12. The first-order valence-electron chi connectivity index (χ1n) is 6.93. The van der Waals surface area contributed by atoms with E-state index in [1.54, 1.807) is 10.8 Å². The zero-order chi connectivity index (χ0) is 17.1. The predicted octanol–water partition coefficient (Wildman–Crippen LogP) is 5.88. The van der Waals surface area contributed by atoms with E-state index < -0.39 is 5.97 Å². The van der Waals surface area contributed by atoms with Crippen molar-refractivity contribution >= 4 is 65.7 Å². The van der Waals surface area contributed by atoms with Gasteiger partial charge in [-0.2, -0.15) is 0 Å². The Labute approximate surface area is 150 Å². The molecule has 0 spiro atoms. The monoisotopic (exact) mass is 374 g/mol. The summed E-state index contributed by atoms with van der Waals surface area (Å²) in [7, 11) is 0. The highest BCUT2D eigenvalue weighted by molar-refractivity contribution is 7.18. The second-order valence-electron chi connectivity index (χ2n) is 4.87. The quantitative estimate of drug-likeness (QED) is 0.446. The van der Waals surface area contributed by atoms with Crippen molar-refractivity contribution < 1.29 is 14.7 Å². The van der Waals surface area contributed by atoms with E-state index in [-0.39, 0.29) is 5.24 Å². The molecule has 0 aliphatic heterocycles. The lowest BCUT2D eigenvalue weighted by Gasteiger charge is -1.89. The molecule has 4 aromatic rings. The van der Waals surface area contributed by atoms with E-state index >= 15 is 0 Å². The molecule has 0 bridgehead atoms. The summed E-state index contributed by atoms with van der Waals surface area (Å²) in [6.07, 6.45) is 0. The summed E-state index contributed by atoms with van der Waals surface area (Å²) in [5.41, 5.74) is 1.01. The molecule has 0 fully saturated rings. The van der Waals surface area contributed by atoms with Gasteiger partial charge in [0.05, 0.1) is 11.1 Å². The largest absolute Gasteiger partial charge is 0.478 e. The van der Waals surface area contributed by atoms with Gasteiger partial charge in [-0.15, -0.1) is 22.7 Å². The Kier molecular flexibility index (Phi) is 4.94. The summed E-state index contributed by atoms with van der Waals surface area (Å²) in [5, 5.41) is 13.6. The lowest BCUT2D eigenvalue weighted by molar-refractivity contribution is 0.0699. The van der Waals surface area contributed by atoms with Crippen LogP contribution < -0.4 is 0 Å². The van der Waals surface area contributed by atoms with Crippen molar-refractivity contribution in [1.82, 2.24) is 0 Å². The molecular weight excluding hydrogens is 364 g/mol. The molecular formula is C18H11ClO3S2. The first-order valence-corrected chi connectivity index (χ1v) is 9.07. The molecule has 0 amide bonds. The predicted molar refractivity (Wildman–Crippen MR) is 101 cm³/mol. The molecule has 120 valence electrons. The summed E-state index contributed by atoms with van der Waals surface area (Å²) in [4.78, 5) is 21.6. The van der Waals surface area contributed by atoms with Gasteiger partial charge in [-0.3, -0.25) is 4.79 Å². The summed E-state index contributed by atoms with van der Waals surface area (Å²) < 4.78 is 2.12. The molecule has 24 heavy (non-hydrogen) atoms. The van der Waals surface area contributed by atoms with Gasteiger partial charge in [0.15, 0.2) is 0 Å². The van der Waals surface area contributed by atoms with Crippen LogP contribution in [0.3, 0.4) is 0 Å². The lowest BCUT2D eigenvalue weighted by atomic mass is 10.2. The van der Waals surface area contributed by atoms with Crippen molar-refractivity contribution in [2.75, 3.05) is 0 Å². The number of carboxylic acid groups (broad SMARTS) is 1. The van der Waals surface area contributed by atoms with E-state index in [2.05, 4.69) is 0 Å². The van der Waals surface area contributed by atoms with Gasteiger partial charge in [0.1, 0.15) is 0 Å². The summed E-state index contributed by atoms with van der Waals surface area (Å²) >= 11 is 8.39. The number of hydrogen-bond donors (Lipinski definition) is 1. The highest BCUT2D eigenvalue weighted by Crippen LogP contribution is 2.26. The lowest BCUT2D eigenvalue weighted by Crippen LogP contribution is -1.92. The van der Waals surface area contributed by atoms with Gasteiger partial charge >= 0.3 is 5.97 Å². The summed E-state index contributed by atoms with van der Waals surface area (Å²) in [6, 6.07) is 15.2. The van der Waals surface area contributed by atoms with E-state index in [1.165, 1.54) is 22.7 Å². The van der Waals surface area contributed by atoms with E-state index in [4.69, 9.17) is 16.7 Å². The normalized spacial score (nSPS) is 10.4. The first-order chi connectivity index (χ1) is 11.6. The zero-order valence-electron chi connectivity index (χ0n) is 12.2. The van der Waals surface area contributed by atoms with Crippen molar-refractivity contribution in [1.29, 1.82) is 0 Å². The van der Waals surface area contributed by atoms with Crippen LogP contribution in [-0.4, -0.2) is 16.3 Å². The van der Waals surface area contributed by atoms with E-state index in [9.17, 15) is 9.59 Å². The third-order valence-electron chi connectivity index (χ3n) is 3.40. The molecule has 6 heteroatoms. The maximum Gasteiger partial charge on any atom is 0.337 e. The second kappa shape index (κ2) is 7.13. The van der Waals surface area contributed by atoms with Crippen LogP contribution in [0.2, 0.25) is 0 Å². The number of rotatable bonds is 2. The van der Waals surface area contributed by atoms with Gasteiger partial charge in [0.25, 0.3) is 5.24 Å². The third-order valence-corrected chi connectivity index (χ3v) is 5.53. The minimum absolute atomic E-state index is 0.382. The smallest absolute Gasteiger partial charge is 0.337 e. The van der Waals surface area contributed by atoms with Crippen molar-refractivity contribution in [2.45, 2.75) is 0 Å². The van der Waals surface area contributed by atoms with Crippen LogP contribution in [0.4, 0.5) is 0 Å². The minimum atomic E-state index is -0.854. The van der Waals surface area contributed by atoms with Crippen molar-refractivity contribution in [3.8, 4) is 0 Å². The first kappa shape index (κ1) is 16.6. The minimum Gasteiger partial charge on any atom is -0.478 e. The number of carbonyl (C=O) groups is 2. The molecule has 2 aromatic carbocycles. The molecule has 0 atom stereocenters. The van der Waals surface area contributed by atoms with Gasteiger partial charge < -0.3 is 5.11 Å². The topological polar surface area (TPSA) is 54.4 Å². The van der Waals surface area contributed by atoms with Crippen LogP contribution in [0.5, 0.6) is 0 Å². The Morgan fingerprint density at radius 3 is 1.75 bits per heavy atom. The Bertz CT molecular complexity index is 949. The number of fused-ring (bicyclic) bond motifs is 2. The molecule has 2 aromatic heterocycles. The van der Waals surface area contributed by atoms with Crippen LogP contribution in [0.15, 0.2) is 59.3 Å².